The van der Waals surface area contributed by atoms with Crippen LogP contribution in [0.1, 0.15) is 46.0 Å². The highest BCUT2D eigenvalue weighted by Gasteiger charge is 2.13. The second kappa shape index (κ2) is 9.72. The van der Waals surface area contributed by atoms with E-state index < -0.39 is 0 Å². The second-order valence-corrected chi connectivity index (χ2v) is 7.33. The minimum absolute atomic E-state index is 0.00821. The van der Waals surface area contributed by atoms with Gasteiger partial charge in [-0.25, -0.2) is 0 Å². The van der Waals surface area contributed by atoms with Crippen molar-refractivity contribution >= 4 is 29.0 Å². The number of nitrogens with zero attached hydrogens (tertiary/aromatic N) is 2. The third-order valence-corrected chi connectivity index (χ3v) is 5.04. The van der Waals surface area contributed by atoms with Gasteiger partial charge in [0.05, 0.1) is 10.6 Å². The van der Waals surface area contributed by atoms with E-state index in [2.05, 4.69) is 29.4 Å². The molecule has 0 aliphatic heterocycles. The van der Waals surface area contributed by atoms with Gasteiger partial charge in [0.25, 0.3) is 11.1 Å². The molecule has 0 radical (unpaired) electrons. The molecule has 1 amide bonds. The van der Waals surface area contributed by atoms with Crippen molar-refractivity contribution < 1.29 is 9.21 Å². The lowest BCUT2D eigenvalue weighted by atomic mass is 10.1. The van der Waals surface area contributed by atoms with Gasteiger partial charge in [-0.2, -0.15) is 0 Å². The highest BCUT2D eigenvalue weighted by atomic mass is 32.2. The van der Waals surface area contributed by atoms with Gasteiger partial charge in [0, 0.05) is 6.04 Å². The predicted molar refractivity (Wildman–Crippen MR) is 94.7 cm³/mol. The van der Waals surface area contributed by atoms with Crippen molar-refractivity contribution in [3.63, 3.8) is 0 Å². The normalized spacial score (nSPS) is 12.3. The monoisotopic (exact) mass is 353 g/mol. The Morgan fingerprint density at radius 3 is 3.00 bits per heavy atom. The summed E-state index contributed by atoms with van der Waals surface area (Å²) in [4.78, 5) is 12.9. The minimum Gasteiger partial charge on any atom is -0.410 e. The first-order chi connectivity index (χ1) is 11.2. The standard InChI is InChI=1S/C16H23N3O2S2/c1-3-4-5-6-8-12(2)17-14(20)11-23-16-19-18-15(21-16)13-9-7-10-22-13/h7,9-10,12H,3-6,8,11H2,1-2H3,(H,17,20)/t12-/m1/s1. The lowest BCUT2D eigenvalue weighted by Gasteiger charge is -2.13. The number of carbonyl (C=O) groups is 1. The molecule has 126 valence electrons. The van der Waals surface area contributed by atoms with Crippen LogP contribution in [-0.4, -0.2) is 27.9 Å². The van der Waals surface area contributed by atoms with Crippen LogP contribution in [0.4, 0.5) is 0 Å². The molecule has 2 aromatic heterocycles. The SMILES string of the molecule is CCCCCC[C@@H](C)NC(=O)CSc1nnc(-c2cccs2)o1. The number of nitrogens with one attached hydrogen (secondary N) is 1. The van der Waals surface area contributed by atoms with Crippen LogP contribution in [0.15, 0.2) is 27.2 Å². The van der Waals surface area contributed by atoms with Crippen molar-refractivity contribution in [2.45, 2.75) is 57.2 Å². The first-order valence-corrected chi connectivity index (χ1v) is 9.85. The molecule has 0 unspecified atom stereocenters. The molecule has 0 bridgehead atoms. The average molecular weight is 354 g/mol. The van der Waals surface area contributed by atoms with Gasteiger partial charge in [0.2, 0.25) is 5.91 Å². The maximum Gasteiger partial charge on any atom is 0.277 e. The highest BCUT2D eigenvalue weighted by molar-refractivity contribution is 7.99. The fraction of sp³-hybridized carbons (Fsp3) is 0.562. The molecule has 0 saturated heterocycles. The van der Waals surface area contributed by atoms with Gasteiger partial charge < -0.3 is 9.73 Å². The summed E-state index contributed by atoms with van der Waals surface area (Å²) in [6.45, 7) is 4.25. The van der Waals surface area contributed by atoms with Gasteiger partial charge in [-0.1, -0.05) is 50.4 Å². The summed E-state index contributed by atoms with van der Waals surface area (Å²) in [5.74, 6) is 0.812. The third-order valence-electron chi connectivity index (χ3n) is 3.36. The molecule has 7 heteroatoms. The van der Waals surface area contributed by atoms with Crippen molar-refractivity contribution in [1.29, 1.82) is 0 Å². The van der Waals surface area contributed by atoms with Crippen LogP contribution in [0.3, 0.4) is 0 Å². The molecule has 5 nitrogen and oxygen atoms in total. The van der Waals surface area contributed by atoms with Crippen molar-refractivity contribution in [2.75, 3.05) is 5.75 Å². The number of carbonyl (C=O) groups excluding carboxylic acids is 1. The highest BCUT2D eigenvalue weighted by Crippen LogP contribution is 2.26. The molecule has 0 saturated carbocycles. The van der Waals surface area contributed by atoms with Crippen LogP contribution >= 0.6 is 23.1 Å². The number of unbranched alkanes of at least 4 members (excludes halogenated alkanes) is 3. The Kier molecular flexibility index (Phi) is 7.61. The van der Waals surface area contributed by atoms with E-state index in [0.29, 0.717) is 16.9 Å². The molecule has 2 rings (SSSR count). The number of hydrogen-bond acceptors (Lipinski definition) is 6. The van der Waals surface area contributed by atoms with Crippen LogP contribution < -0.4 is 5.32 Å². The molecule has 23 heavy (non-hydrogen) atoms. The van der Waals surface area contributed by atoms with Gasteiger partial charge in [-0.05, 0) is 24.8 Å². The average Bonchev–Trinajstić information content (AvgIpc) is 3.20. The fourth-order valence-electron chi connectivity index (χ4n) is 2.16. The Morgan fingerprint density at radius 2 is 2.26 bits per heavy atom. The quantitative estimate of drug-likeness (QED) is 0.507. The number of amides is 1. The molecule has 0 fully saturated rings. The Morgan fingerprint density at radius 1 is 1.39 bits per heavy atom. The first-order valence-electron chi connectivity index (χ1n) is 7.98. The Labute approximate surface area is 145 Å². The van der Waals surface area contributed by atoms with E-state index >= 15 is 0 Å². The molecular formula is C16H23N3O2S2. The summed E-state index contributed by atoms with van der Waals surface area (Å²) in [5, 5.41) is 13.4. The smallest absolute Gasteiger partial charge is 0.277 e. The van der Waals surface area contributed by atoms with E-state index in [-0.39, 0.29) is 11.9 Å². The summed E-state index contributed by atoms with van der Waals surface area (Å²) in [6.07, 6.45) is 5.92. The van der Waals surface area contributed by atoms with Crippen molar-refractivity contribution in [1.82, 2.24) is 15.5 Å². The molecule has 0 spiro atoms. The van der Waals surface area contributed by atoms with Crippen LogP contribution in [0, 0.1) is 0 Å². The molecule has 2 heterocycles. The van der Waals surface area contributed by atoms with Gasteiger partial charge >= 0.3 is 0 Å². The maximum atomic E-state index is 11.9. The van der Waals surface area contributed by atoms with Gasteiger partial charge in [-0.3, -0.25) is 4.79 Å². The zero-order chi connectivity index (χ0) is 16.5. The Hall–Kier alpha value is -1.34. The lowest BCUT2D eigenvalue weighted by Crippen LogP contribution is -2.33. The van der Waals surface area contributed by atoms with E-state index in [1.807, 2.05) is 17.5 Å². The maximum absolute atomic E-state index is 11.9. The number of thiophene rings is 1. The van der Waals surface area contributed by atoms with Crippen LogP contribution in [-0.2, 0) is 4.79 Å². The number of hydrogen-bond donors (Lipinski definition) is 1. The van der Waals surface area contributed by atoms with E-state index in [1.165, 1.54) is 31.0 Å². The fourth-order valence-corrected chi connectivity index (χ4v) is 3.38. The van der Waals surface area contributed by atoms with E-state index in [4.69, 9.17) is 4.42 Å². The summed E-state index contributed by atoms with van der Waals surface area (Å²) < 4.78 is 5.55. The zero-order valence-electron chi connectivity index (χ0n) is 13.6. The Balaban J connectivity index is 1.68. The minimum atomic E-state index is 0.00821. The topological polar surface area (TPSA) is 68.0 Å². The lowest BCUT2D eigenvalue weighted by molar-refractivity contribution is -0.119. The molecule has 2 aromatic rings. The number of rotatable bonds is 10. The van der Waals surface area contributed by atoms with Crippen molar-refractivity contribution in [3.05, 3.63) is 17.5 Å². The van der Waals surface area contributed by atoms with Crippen LogP contribution in [0.2, 0.25) is 0 Å². The summed E-state index contributed by atoms with van der Waals surface area (Å²) >= 11 is 2.82. The van der Waals surface area contributed by atoms with Gasteiger partial charge in [-0.15, -0.1) is 21.5 Å². The zero-order valence-corrected chi connectivity index (χ0v) is 15.2. The van der Waals surface area contributed by atoms with Gasteiger partial charge in [0.15, 0.2) is 0 Å². The number of aromatic nitrogens is 2. The predicted octanol–water partition coefficient (Wildman–Crippen LogP) is 4.37. The molecule has 0 aliphatic rings. The van der Waals surface area contributed by atoms with Crippen LogP contribution in [0.5, 0.6) is 0 Å². The van der Waals surface area contributed by atoms with E-state index in [9.17, 15) is 4.79 Å². The molecule has 0 aromatic carbocycles. The van der Waals surface area contributed by atoms with E-state index in [0.717, 1.165) is 17.7 Å². The van der Waals surface area contributed by atoms with E-state index in [1.54, 1.807) is 11.3 Å². The molecular weight excluding hydrogens is 330 g/mol. The Bertz CT molecular complexity index is 584. The van der Waals surface area contributed by atoms with Gasteiger partial charge in [0.1, 0.15) is 0 Å². The van der Waals surface area contributed by atoms with Crippen molar-refractivity contribution in [2.24, 2.45) is 0 Å². The third kappa shape index (κ3) is 6.35. The van der Waals surface area contributed by atoms with Crippen molar-refractivity contribution in [3.8, 4) is 10.8 Å². The van der Waals surface area contributed by atoms with Crippen LogP contribution in [0.25, 0.3) is 10.8 Å². The first kappa shape index (κ1) is 18.0. The summed E-state index contributed by atoms with van der Waals surface area (Å²) in [6, 6.07) is 4.08. The number of thioether (sulfide) groups is 1. The largest absolute Gasteiger partial charge is 0.410 e. The molecule has 0 aliphatic carbocycles. The summed E-state index contributed by atoms with van der Waals surface area (Å²) in [7, 11) is 0. The molecule has 1 atom stereocenters. The summed E-state index contributed by atoms with van der Waals surface area (Å²) in [5.41, 5.74) is 0. The molecule has 1 N–H and O–H groups in total. The second-order valence-electron chi connectivity index (χ2n) is 5.46.